The van der Waals surface area contributed by atoms with Gasteiger partial charge in [-0.3, -0.25) is 4.98 Å². The van der Waals surface area contributed by atoms with E-state index >= 15 is 0 Å². The second-order valence-corrected chi connectivity index (χ2v) is 4.10. The molecule has 0 saturated heterocycles. The zero-order chi connectivity index (χ0) is 13.2. The Morgan fingerprint density at radius 3 is 2.60 bits per heavy atom. The summed E-state index contributed by atoms with van der Waals surface area (Å²) in [7, 11) is 0. The van der Waals surface area contributed by atoms with Gasteiger partial charge >= 0.3 is 29.6 Å². The third kappa shape index (κ3) is 2.72. The van der Waals surface area contributed by atoms with Crippen LogP contribution in [-0.4, -0.2) is 15.9 Å². The summed E-state index contributed by atoms with van der Waals surface area (Å²) in [6.07, 6.45) is 3.31. The van der Waals surface area contributed by atoms with Gasteiger partial charge in [0.05, 0.1) is 17.2 Å². The predicted octanol–water partition coefficient (Wildman–Crippen LogP) is -1.34. The maximum absolute atomic E-state index is 11.2. The number of carboxylic acids is 1. The number of nitrogens with zero attached hydrogens (tertiary/aromatic N) is 2. The number of aromatic nitrogens is 2. The Hall–Kier alpha value is -1.75. The molecule has 0 aliphatic rings. The second-order valence-electron chi connectivity index (χ2n) is 4.10. The van der Waals surface area contributed by atoms with Crippen molar-refractivity contribution in [2.45, 2.75) is 0 Å². The van der Waals surface area contributed by atoms with Crippen molar-refractivity contribution in [3.8, 4) is 11.3 Å². The molecule has 2 aromatic heterocycles. The van der Waals surface area contributed by atoms with Gasteiger partial charge in [-0.25, -0.2) is 4.98 Å². The summed E-state index contributed by atoms with van der Waals surface area (Å²) >= 11 is 0. The molecule has 3 rings (SSSR count). The molecule has 0 aliphatic heterocycles. The number of carbonyl (C=O) groups excluding carboxylic acids is 1. The van der Waals surface area contributed by atoms with Crippen molar-refractivity contribution in [1.82, 2.24) is 9.97 Å². The van der Waals surface area contributed by atoms with Gasteiger partial charge in [0, 0.05) is 28.9 Å². The van der Waals surface area contributed by atoms with E-state index in [1.807, 2.05) is 12.1 Å². The van der Waals surface area contributed by atoms with Crippen LogP contribution in [0, 0.1) is 0 Å². The summed E-state index contributed by atoms with van der Waals surface area (Å²) in [6.45, 7) is 0. The third-order valence-corrected chi connectivity index (χ3v) is 2.89. The Morgan fingerprint density at radius 2 is 1.90 bits per heavy atom. The average Bonchev–Trinajstić information content (AvgIpc) is 2.47. The van der Waals surface area contributed by atoms with Crippen LogP contribution >= 0.6 is 0 Å². The van der Waals surface area contributed by atoms with Crippen LogP contribution in [0.2, 0.25) is 0 Å². The molecular formula is C15H9N2NaO2. The molecule has 5 heteroatoms. The maximum Gasteiger partial charge on any atom is 1.00 e. The van der Waals surface area contributed by atoms with E-state index < -0.39 is 5.97 Å². The summed E-state index contributed by atoms with van der Waals surface area (Å²) < 4.78 is 0. The quantitative estimate of drug-likeness (QED) is 0.542. The number of benzene rings is 1. The first-order valence-electron chi connectivity index (χ1n) is 5.77. The van der Waals surface area contributed by atoms with E-state index in [-0.39, 0.29) is 35.1 Å². The van der Waals surface area contributed by atoms with Crippen molar-refractivity contribution in [3.63, 3.8) is 0 Å². The monoisotopic (exact) mass is 272 g/mol. The molecule has 20 heavy (non-hydrogen) atoms. The standard InChI is InChI=1S/C15H10N2O2.Na/c18-15(19)12-8-14(10-4-3-7-16-9-10)17-13-6-2-1-5-11(12)13;/h1-9H,(H,18,19);/q;+1/p-1. The Labute approximate surface area is 137 Å². The van der Waals surface area contributed by atoms with Crippen molar-refractivity contribution >= 4 is 16.9 Å². The molecule has 0 unspecified atom stereocenters. The molecule has 2 heterocycles. The SMILES string of the molecule is O=C([O-])c1cc(-c2cccnc2)nc2ccccc12.[Na+]. The molecule has 0 radical (unpaired) electrons. The average molecular weight is 272 g/mol. The molecule has 1 aromatic carbocycles. The number of fused-ring (bicyclic) bond motifs is 1. The predicted molar refractivity (Wildman–Crippen MR) is 69.3 cm³/mol. The van der Waals surface area contributed by atoms with Crippen LogP contribution in [0.25, 0.3) is 22.2 Å². The van der Waals surface area contributed by atoms with Gasteiger partial charge < -0.3 is 9.90 Å². The molecule has 0 spiro atoms. The number of hydrogen-bond acceptors (Lipinski definition) is 4. The zero-order valence-electron chi connectivity index (χ0n) is 10.9. The van der Waals surface area contributed by atoms with Gasteiger partial charge in [-0.2, -0.15) is 0 Å². The summed E-state index contributed by atoms with van der Waals surface area (Å²) in [5.74, 6) is -1.20. The molecule has 0 aliphatic carbocycles. The summed E-state index contributed by atoms with van der Waals surface area (Å²) in [5, 5.41) is 11.8. The minimum absolute atomic E-state index is 0. The number of carboxylic acid groups (broad SMARTS) is 1. The molecule has 0 N–H and O–H groups in total. The fourth-order valence-electron chi connectivity index (χ4n) is 2.01. The Bertz CT molecular complexity index is 760. The fraction of sp³-hybridized carbons (Fsp3) is 0. The molecular weight excluding hydrogens is 263 g/mol. The van der Waals surface area contributed by atoms with Crippen LogP contribution in [0.4, 0.5) is 0 Å². The van der Waals surface area contributed by atoms with Gasteiger partial charge in [0.15, 0.2) is 0 Å². The molecule has 0 fully saturated rings. The first-order chi connectivity index (χ1) is 9.25. The van der Waals surface area contributed by atoms with E-state index in [0.29, 0.717) is 16.6 Å². The molecule has 3 aromatic rings. The summed E-state index contributed by atoms with van der Waals surface area (Å²) in [5.41, 5.74) is 2.12. The van der Waals surface area contributed by atoms with Crippen LogP contribution in [0.1, 0.15) is 10.4 Å². The van der Waals surface area contributed by atoms with E-state index in [1.54, 1.807) is 36.7 Å². The molecule has 0 amide bonds. The number of rotatable bonds is 2. The summed E-state index contributed by atoms with van der Waals surface area (Å²) in [4.78, 5) is 19.7. The van der Waals surface area contributed by atoms with E-state index in [0.717, 1.165) is 5.56 Å². The second kappa shape index (κ2) is 6.13. The first-order valence-corrected chi connectivity index (χ1v) is 5.77. The number of para-hydroxylation sites is 1. The number of carbonyl (C=O) groups is 1. The van der Waals surface area contributed by atoms with Crippen molar-refractivity contribution in [1.29, 1.82) is 0 Å². The number of hydrogen-bond donors (Lipinski definition) is 0. The van der Waals surface area contributed by atoms with Crippen LogP contribution in [-0.2, 0) is 0 Å². The molecule has 4 nitrogen and oxygen atoms in total. The van der Waals surface area contributed by atoms with E-state index in [1.165, 1.54) is 6.07 Å². The smallest absolute Gasteiger partial charge is 0.545 e. The van der Waals surface area contributed by atoms with Gasteiger partial charge in [-0.15, -0.1) is 0 Å². The number of pyridine rings is 2. The zero-order valence-corrected chi connectivity index (χ0v) is 12.9. The Kier molecular flexibility index (Phi) is 4.49. The normalized spacial score (nSPS) is 10.0. The van der Waals surface area contributed by atoms with Gasteiger partial charge in [-0.1, -0.05) is 18.2 Å². The van der Waals surface area contributed by atoms with Gasteiger partial charge in [-0.05, 0) is 24.3 Å². The van der Waals surface area contributed by atoms with Gasteiger partial charge in [0.2, 0.25) is 0 Å². The Morgan fingerprint density at radius 1 is 1.10 bits per heavy atom. The van der Waals surface area contributed by atoms with Crippen LogP contribution < -0.4 is 34.7 Å². The molecule has 0 saturated carbocycles. The maximum atomic E-state index is 11.2. The van der Waals surface area contributed by atoms with Crippen molar-refractivity contribution in [3.05, 3.63) is 60.4 Å². The van der Waals surface area contributed by atoms with Crippen molar-refractivity contribution in [2.24, 2.45) is 0 Å². The molecule has 0 bridgehead atoms. The van der Waals surface area contributed by atoms with Crippen LogP contribution in [0.15, 0.2) is 54.9 Å². The molecule has 0 atom stereocenters. The largest absolute Gasteiger partial charge is 1.00 e. The van der Waals surface area contributed by atoms with Gasteiger partial charge in [0.25, 0.3) is 0 Å². The fourth-order valence-corrected chi connectivity index (χ4v) is 2.01. The topological polar surface area (TPSA) is 65.9 Å². The van der Waals surface area contributed by atoms with Gasteiger partial charge in [0.1, 0.15) is 0 Å². The summed E-state index contributed by atoms with van der Waals surface area (Å²) in [6, 6.07) is 12.2. The molecule has 92 valence electrons. The third-order valence-electron chi connectivity index (χ3n) is 2.89. The van der Waals surface area contributed by atoms with E-state index in [2.05, 4.69) is 9.97 Å². The van der Waals surface area contributed by atoms with E-state index in [4.69, 9.17) is 0 Å². The first kappa shape index (κ1) is 14.7. The van der Waals surface area contributed by atoms with Crippen molar-refractivity contribution in [2.75, 3.05) is 0 Å². The Balaban J connectivity index is 0.00000147. The number of aromatic carboxylic acids is 1. The minimum Gasteiger partial charge on any atom is -0.545 e. The van der Waals surface area contributed by atoms with Crippen LogP contribution in [0.5, 0.6) is 0 Å². The minimum atomic E-state index is -1.20. The van der Waals surface area contributed by atoms with E-state index in [9.17, 15) is 9.90 Å². The van der Waals surface area contributed by atoms with Crippen LogP contribution in [0.3, 0.4) is 0 Å². The van der Waals surface area contributed by atoms with Crippen molar-refractivity contribution < 1.29 is 39.5 Å².